The second-order valence-electron chi connectivity index (χ2n) is 5.25. The highest BCUT2D eigenvalue weighted by atomic mass is 32.1. The molecule has 1 atom stereocenters. The van der Waals surface area contributed by atoms with Crippen LogP contribution < -0.4 is 5.73 Å². The third-order valence-electron chi connectivity index (χ3n) is 3.79. The van der Waals surface area contributed by atoms with E-state index in [1.807, 2.05) is 6.92 Å². The van der Waals surface area contributed by atoms with Crippen molar-refractivity contribution in [1.82, 2.24) is 9.88 Å². The molecule has 7 heteroatoms. The van der Waals surface area contributed by atoms with Gasteiger partial charge in [0.15, 0.2) is 5.13 Å². The molecule has 1 aromatic rings. The normalized spacial score (nSPS) is 22.1. The van der Waals surface area contributed by atoms with Crippen LogP contribution in [0.3, 0.4) is 0 Å². The molecule has 1 fully saturated rings. The number of hydrogen-bond donors (Lipinski definition) is 2. The number of hydrogen-bond acceptors (Lipinski definition) is 5. The molecule has 0 aromatic carbocycles. The van der Waals surface area contributed by atoms with Crippen molar-refractivity contribution < 1.29 is 14.7 Å². The highest BCUT2D eigenvalue weighted by Crippen LogP contribution is 2.35. The molecule has 2 rings (SSSR count). The molecule has 0 spiro atoms. The second-order valence-corrected chi connectivity index (χ2v) is 6.14. The van der Waals surface area contributed by atoms with Crippen molar-refractivity contribution >= 4 is 28.3 Å². The Morgan fingerprint density at radius 3 is 2.90 bits per heavy atom. The monoisotopic (exact) mass is 297 g/mol. The summed E-state index contributed by atoms with van der Waals surface area (Å²) >= 11 is 1.30. The van der Waals surface area contributed by atoms with E-state index in [0.717, 1.165) is 6.42 Å². The standard InChI is InChI=1S/C13H19N3O3S/c1-2-3-13(11(18)19)4-5-16(8-13)10(17)6-9-7-20-12(14)15-9/h7H,2-6,8H2,1H3,(H2,14,15)(H,18,19). The summed E-state index contributed by atoms with van der Waals surface area (Å²) in [6, 6.07) is 0. The van der Waals surface area contributed by atoms with Crippen LogP contribution in [0.4, 0.5) is 5.13 Å². The Kier molecular flexibility index (Phi) is 4.27. The lowest BCUT2D eigenvalue weighted by molar-refractivity contribution is -0.149. The number of carboxylic acids is 1. The molecule has 1 unspecified atom stereocenters. The fourth-order valence-corrected chi connectivity index (χ4v) is 3.28. The van der Waals surface area contributed by atoms with Crippen molar-refractivity contribution in [2.24, 2.45) is 5.41 Å². The van der Waals surface area contributed by atoms with Crippen molar-refractivity contribution in [3.05, 3.63) is 11.1 Å². The van der Waals surface area contributed by atoms with Crippen LogP contribution in [0.25, 0.3) is 0 Å². The minimum atomic E-state index is -0.799. The smallest absolute Gasteiger partial charge is 0.311 e. The number of likely N-dealkylation sites (tertiary alicyclic amines) is 1. The number of carboxylic acid groups (broad SMARTS) is 1. The number of nitrogens with zero attached hydrogens (tertiary/aromatic N) is 2. The van der Waals surface area contributed by atoms with Gasteiger partial charge < -0.3 is 15.7 Å². The predicted molar refractivity (Wildman–Crippen MR) is 76.4 cm³/mol. The van der Waals surface area contributed by atoms with E-state index >= 15 is 0 Å². The number of aromatic nitrogens is 1. The summed E-state index contributed by atoms with van der Waals surface area (Å²) in [5.41, 5.74) is 5.42. The van der Waals surface area contributed by atoms with Gasteiger partial charge in [0.25, 0.3) is 0 Å². The maximum absolute atomic E-state index is 12.2. The topological polar surface area (TPSA) is 96.5 Å². The number of amides is 1. The molecule has 110 valence electrons. The number of rotatable bonds is 5. The van der Waals surface area contributed by atoms with Crippen LogP contribution in [-0.4, -0.2) is 40.0 Å². The average Bonchev–Trinajstić information content (AvgIpc) is 2.98. The molecule has 0 radical (unpaired) electrons. The molecule has 20 heavy (non-hydrogen) atoms. The van der Waals surface area contributed by atoms with Crippen molar-refractivity contribution in [2.45, 2.75) is 32.6 Å². The van der Waals surface area contributed by atoms with Crippen LogP contribution in [0.15, 0.2) is 5.38 Å². The number of nitrogens with two attached hydrogens (primary N) is 1. The number of carbonyl (C=O) groups is 2. The van der Waals surface area contributed by atoms with Gasteiger partial charge in [-0.2, -0.15) is 0 Å². The molecule has 0 saturated carbocycles. The van der Waals surface area contributed by atoms with Gasteiger partial charge >= 0.3 is 5.97 Å². The van der Waals surface area contributed by atoms with Crippen LogP contribution in [-0.2, 0) is 16.0 Å². The third-order valence-corrected chi connectivity index (χ3v) is 4.51. The third kappa shape index (κ3) is 2.92. The molecule has 1 aliphatic heterocycles. The maximum atomic E-state index is 12.2. The Morgan fingerprint density at radius 1 is 1.60 bits per heavy atom. The van der Waals surface area contributed by atoms with Crippen molar-refractivity contribution in [1.29, 1.82) is 0 Å². The minimum Gasteiger partial charge on any atom is -0.481 e. The highest BCUT2D eigenvalue weighted by molar-refractivity contribution is 7.13. The lowest BCUT2D eigenvalue weighted by atomic mass is 9.83. The lowest BCUT2D eigenvalue weighted by Crippen LogP contribution is -2.37. The predicted octanol–water partition coefficient (Wildman–Crippen LogP) is 1.37. The molecule has 0 bridgehead atoms. The Balaban J connectivity index is 2.01. The van der Waals surface area contributed by atoms with Gasteiger partial charge in [-0.15, -0.1) is 11.3 Å². The van der Waals surface area contributed by atoms with Gasteiger partial charge in [0.1, 0.15) is 0 Å². The first-order valence-electron chi connectivity index (χ1n) is 6.68. The van der Waals surface area contributed by atoms with Crippen molar-refractivity contribution in [3.63, 3.8) is 0 Å². The molecular weight excluding hydrogens is 278 g/mol. The zero-order valence-corrected chi connectivity index (χ0v) is 12.3. The van der Waals surface area contributed by atoms with E-state index in [1.165, 1.54) is 11.3 Å². The SMILES string of the molecule is CCCC1(C(=O)O)CCN(C(=O)Cc2csc(N)n2)C1. The van der Waals surface area contributed by atoms with E-state index in [4.69, 9.17) is 5.73 Å². The fraction of sp³-hybridized carbons (Fsp3) is 0.615. The van der Waals surface area contributed by atoms with Gasteiger partial charge in [-0.25, -0.2) is 4.98 Å². The molecule has 3 N–H and O–H groups in total. The highest BCUT2D eigenvalue weighted by Gasteiger charge is 2.45. The van der Waals surface area contributed by atoms with Crippen molar-refractivity contribution in [3.8, 4) is 0 Å². The first kappa shape index (κ1) is 14.8. The van der Waals surface area contributed by atoms with E-state index < -0.39 is 11.4 Å². The number of thiazole rings is 1. The average molecular weight is 297 g/mol. The zero-order chi connectivity index (χ0) is 14.8. The molecule has 0 aliphatic carbocycles. The van der Waals surface area contributed by atoms with Crippen LogP contribution in [0.2, 0.25) is 0 Å². The summed E-state index contributed by atoms with van der Waals surface area (Å²) in [5.74, 6) is -0.873. The van der Waals surface area contributed by atoms with Gasteiger partial charge in [-0.05, 0) is 12.8 Å². The molecule has 1 aliphatic rings. The minimum absolute atomic E-state index is 0.0745. The van der Waals surface area contributed by atoms with Crippen LogP contribution in [0, 0.1) is 5.41 Å². The first-order valence-corrected chi connectivity index (χ1v) is 7.56. The summed E-state index contributed by atoms with van der Waals surface area (Å²) < 4.78 is 0. The van der Waals surface area contributed by atoms with Crippen LogP contribution >= 0.6 is 11.3 Å². The van der Waals surface area contributed by atoms with Gasteiger partial charge in [-0.3, -0.25) is 9.59 Å². The Labute approximate surface area is 121 Å². The van der Waals surface area contributed by atoms with Gasteiger partial charge in [0.2, 0.25) is 5.91 Å². The number of aliphatic carboxylic acids is 1. The van der Waals surface area contributed by atoms with Gasteiger partial charge in [-0.1, -0.05) is 13.3 Å². The first-order chi connectivity index (χ1) is 9.47. The number of anilines is 1. The van der Waals surface area contributed by atoms with E-state index in [1.54, 1.807) is 10.3 Å². The molecule has 1 saturated heterocycles. The van der Waals surface area contributed by atoms with E-state index in [0.29, 0.717) is 36.8 Å². The lowest BCUT2D eigenvalue weighted by Gasteiger charge is -2.24. The number of carbonyl (C=O) groups excluding carboxylic acids is 1. The summed E-state index contributed by atoms with van der Waals surface area (Å²) in [7, 11) is 0. The molecule has 1 amide bonds. The summed E-state index contributed by atoms with van der Waals surface area (Å²) in [6.07, 6.45) is 2.13. The fourth-order valence-electron chi connectivity index (χ4n) is 2.72. The Morgan fingerprint density at radius 2 is 2.35 bits per heavy atom. The van der Waals surface area contributed by atoms with Crippen molar-refractivity contribution in [2.75, 3.05) is 18.8 Å². The summed E-state index contributed by atoms with van der Waals surface area (Å²) in [4.78, 5) is 29.4. The van der Waals surface area contributed by atoms with Crippen LogP contribution in [0.1, 0.15) is 31.9 Å². The van der Waals surface area contributed by atoms with E-state index in [-0.39, 0.29) is 12.3 Å². The maximum Gasteiger partial charge on any atom is 0.311 e. The van der Waals surface area contributed by atoms with Gasteiger partial charge in [0.05, 0.1) is 17.5 Å². The molecule has 2 heterocycles. The number of nitrogen functional groups attached to an aromatic ring is 1. The zero-order valence-electron chi connectivity index (χ0n) is 11.5. The van der Waals surface area contributed by atoms with E-state index in [2.05, 4.69) is 4.98 Å². The Hall–Kier alpha value is -1.63. The Bertz CT molecular complexity index is 517. The molecular formula is C13H19N3O3S. The molecule has 6 nitrogen and oxygen atoms in total. The van der Waals surface area contributed by atoms with E-state index in [9.17, 15) is 14.7 Å². The molecule has 1 aromatic heterocycles. The van der Waals surface area contributed by atoms with Gasteiger partial charge in [0, 0.05) is 18.5 Å². The quantitative estimate of drug-likeness (QED) is 0.855. The van der Waals surface area contributed by atoms with Crippen LogP contribution in [0.5, 0.6) is 0 Å². The summed E-state index contributed by atoms with van der Waals surface area (Å²) in [6.45, 7) is 2.77. The largest absolute Gasteiger partial charge is 0.481 e. The second kappa shape index (κ2) is 5.78. The summed E-state index contributed by atoms with van der Waals surface area (Å²) in [5, 5.41) is 11.6.